The smallest absolute Gasteiger partial charge is 0.122 e. The summed E-state index contributed by atoms with van der Waals surface area (Å²) < 4.78 is 5.44. The minimum Gasteiger partial charge on any atom is -0.496 e. The largest absolute Gasteiger partial charge is 0.496 e. The van der Waals surface area contributed by atoms with E-state index in [4.69, 9.17) is 4.74 Å². The Morgan fingerprint density at radius 2 is 1.95 bits per heavy atom. The molecule has 0 atom stereocenters. The molecule has 1 aliphatic rings. The number of nitrogens with one attached hydrogen (secondary N) is 1. The van der Waals surface area contributed by atoms with Gasteiger partial charge in [-0.1, -0.05) is 30.3 Å². The lowest BCUT2D eigenvalue weighted by Crippen LogP contribution is -2.34. The maximum absolute atomic E-state index is 9.17. The summed E-state index contributed by atoms with van der Waals surface area (Å²) in [6, 6.07) is 16.7. The molecule has 0 spiro atoms. The topological polar surface area (TPSA) is 41.5 Å². The number of aliphatic hydroxyl groups is 1. The Kier molecular flexibility index (Phi) is 4.11. The Morgan fingerprint density at radius 3 is 2.71 bits per heavy atom. The highest BCUT2D eigenvalue weighted by molar-refractivity contribution is 5.48. The van der Waals surface area contributed by atoms with E-state index < -0.39 is 0 Å². The van der Waals surface area contributed by atoms with Crippen LogP contribution in [0, 0.1) is 0 Å². The van der Waals surface area contributed by atoms with E-state index in [0.29, 0.717) is 12.0 Å². The van der Waals surface area contributed by atoms with Crippen LogP contribution in [0.25, 0.3) is 0 Å². The highest BCUT2D eigenvalue weighted by Gasteiger charge is 2.31. The van der Waals surface area contributed by atoms with Crippen LogP contribution in [0.3, 0.4) is 0 Å². The number of aliphatic hydroxyl groups excluding tert-OH is 1. The van der Waals surface area contributed by atoms with Crippen molar-refractivity contribution in [2.75, 3.05) is 12.4 Å². The summed E-state index contributed by atoms with van der Waals surface area (Å²) in [4.78, 5) is 0. The van der Waals surface area contributed by atoms with Gasteiger partial charge in [-0.2, -0.15) is 0 Å². The zero-order chi connectivity index (χ0) is 14.7. The van der Waals surface area contributed by atoms with Gasteiger partial charge in [0.25, 0.3) is 0 Å². The second-order valence-corrected chi connectivity index (χ2v) is 5.61. The summed E-state index contributed by atoms with van der Waals surface area (Å²) >= 11 is 0. The normalized spacial score (nSPS) is 20.7. The maximum atomic E-state index is 9.17. The number of hydrogen-bond acceptors (Lipinski definition) is 3. The SMILES string of the molecule is COc1ccccc1C1CC(Nc2cccc(CO)c2)C1. The number of hydrogen-bond donors (Lipinski definition) is 2. The Bertz CT molecular complexity index is 606. The Morgan fingerprint density at radius 1 is 1.14 bits per heavy atom. The lowest BCUT2D eigenvalue weighted by atomic mass is 9.75. The molecule has 2 N–H and O–H groups in total. The molecule has 2 aromatic carbocycles. The molecule has 3 nitrogen and oxygen atoms in total. The third kappa shape index (κ3) is 3.03. The molecule has 0 saturated heterocycles. The molecular weight excluding hydrogens is 262 g/mol. The molecule has 2 aromatic rings. The van der Waals surface area contributed by atoms with Gasteiger partial charge in [0, 0.05) is 11.7 Å². The summed E-state index contributed by atoms with van der Waals surface area (Å²) in [5, 5.41) is 12.7. The Labute approximate surface area is 125 Å². The van der Waals surface area contributed by atoms with Crippen LogP contribution in [0.2, 0.25) is 0 Å². The van der Waals surface area contributed by atoms with E-state index in [-0.39, 0.29) is 6.61 Å². The third-order valence-electron chi connectivity index (χ3n) is 4.20. The molecule has 3 heteroatoms. The summed E-state index contributed by atoms with van der Waals surface area (Å²) in [7, 11) is 1.73. The molecule has 21 heavy (non-hydrogen) atoms. The zero-order valence-electron chi connectivity index (χ0n) is 12.3. The number of para-hydroxylation sites is 1. The predicted octanol–water partition coefficient (Wildman–Crippen LogP) is 3.55. The minimum atomic E-state index is 0.0873. The summed E-state index contributed by atoms with van der Waals surface area (Å²) in [6.45, 7) is 0.0873. The molecule has 110 valence electrons. The van der Waals surface area contributed by atoms with Crippen LogP contribution < -0.4 is 10.1 Å². The van der Waals surface area contributed by atoms with Gasteiger partial charge in [-0.25, -0.2) is 0 Å². The van der Waals surface area contributed by atoms with Gasteiger partial charge in [0.1, 0.15) is 5.75 Å². The first-order valence-corrected chi connectivity index (χ1v) is 7.39. The van der Waals surface area contributed by atoms with Gasteiger partial charge >= 0.3 is 0 Å². The molecule has 0 bridgehead atoms. The molecular formula is C18H21NO2. The van der Waals surface area contributed by atoms with Gasteiger partial charge in [0.2, 0.25) is 0 Å². The third-order valence-corrected chi connectivity index (χ3v) is 4.20. The summed E-state index contributed by atoms with van der Waals surface area (Å²) in [5.41, 5.74) is 3.34. The second kappa shape index (κ2) is 6.19. The van der Waals surface area contributed by atoms with E-state index in [2.05, 4.69) is 23.5 Å². The molecule has 1 aliphatic carbocycles. The van der Waals surface area contributed by atoms with Crippen molar-refractivity contribution in [3.63, 3.8) is 0 Å². The van der Waals surface area contributed by atoms with Crippen LogP contribution in [-0.2, 0) is 6.61 Å². The van der Waals surface area contributed by atoms with Gasteiger partial charge in [0.05, 0.1) is 13.7 Å². The molecule has 3 rings (SSSR count). The van der Waals surface area contributed by atoms with Crippen molar-refractivity contribution in [1.82, 2.24) is 0 Å². The van der Waals surface area contributed by atoms with Gasteiger partial charge < -0.3 is 15.2 Å². The van der Waals surface area contributed by atoms with Crippen molar-refractivity contribution < 1.29 is 9.84 Å². The van der Waals surface area contributed by atoms with Crippen molar-refractivity contribution in [3.05, 3.63) is 59.7 Å². The Hall–Kier alpha value is -2.00. The fourth-order valence-corrected chi connectivity index (χ4v) is 2.99. The number of benzene rings is 2. The van der Waals surface area contributed by atoms with Gasteiger partial charge in [-0.05, 0) is 48.1 Å². The van der Waals surface area contributed by atoms with Crippen LogP contribution in [0.4, 0.5) is 5.69 Å². The molecule has 0 unspecified atom stereocenters. The first-order chi connectivity index (χ1) is 10.3. The molecule has 0 heterocycles. The fraction of sp³-hybridized carbons (Fsp3) is 0.333. The minimum absolute atomic E-state index is 0.0873. The van der Waals surface area contributed by atoms with E-state index in [1.807, 2.05) is 30.3 Å². The van der Waals surface area contributed by atoms with Crippen LogP contribution in [0.1, 0.15) is 29.9 Å². The van der Waals surface area contributed by atoms with Crippen LogP contribution in [0.5, 0.6) is 5.75 Å². The summed E-state index contributed by atoms with van der Waals surface area (Å²) in [5.74, 6) is 1.56. The van der Waals surface area contributed by atoms with E-state index in [1.165, 1.54) is 5.56 Å². The summed E-state index contributed by atoms with van der Waals surface area (Å²) in [6.07, 6.45) is 2.23. The standard InChI is InChI=1S/C18H21NO2/c1-21-18-8-3-2-7-17(18)14-10-16(11-14)19-15-6-4-5-13(9-15)12-20/h2-9,14,16,19-20H,10-12H2,1H3. The van der Waals surface area contributed by atoms with Gasteiger partial charge in [-0.3, -0.25) is 0 Å². The van der Waals surface area contributed by atoms with Crippen molar-refractivity contribution in [2.24, 2.45) is 0 Å². The fourth-order valence-electron chi connectivity index (χ4n) is 2.99. The van der Waals surface area contributed by atoms with Crippen molar-refractivity contribution in [2.45, 2.75) is 31.4 Å². The van der Waals surface area contributed by atoms with E-state index in [0.717, 1.165) is 29.8 Å². The lowest BCUT2D eigenvalue weighted by Gasteiger charge is -2.37. The van der Waals surface area contributed by atoms with Crippen LogP contribution in [0.15, 0.2) is 48.5 Å². The van der Waals surface area contributed by atoms with Gasteiger partial charge in [-0.15, -0.1) is 0 Å². The molecule has 1 saturated carbocycles. The van der Waals surface area contributed by atoms with E-state index in [9.17, 15) is 5.11 Å². The average Bonchev–Trinajstić information content (AvgIpc) is 2.50. The monoisotopic (exact) mass is 283 g/mol. The quantitative estimate of drug-likeness (QED) is 0.882. The number of methoxy groups -OCH3 is 1. The average molecular weight is 283 g/mol. The van der Waals surface area contributed by atoms with Crippen molar-refractivity contribution in [3.8, 4) is 5.75 Å². The molecule has 1 fully saturated rings. The molecule has 0 aliphatic heterocycles. The maximum Gasteiger partial charge on any atom is 0.122 e. The molecule has 0 radical (unpaired) electrons. The number of ether oxygens (including phenoxy) is 1. The first kappa shape index (κ1) is 14.0. The van der Waals surface area contributed by atoms with Crippen molar-refractivity contribution in [1.29, 1.82) is 0 Å². The van der Waals surface area contributed by atoms with Gasteiger partial charge in [0.15, 0.2) is 0 Å². The van der Waals surface area contributed by atoms with Crippen molar-refractivity contribution >= 4 is 5.69 Å². The number of anilines is 1. The highest BCUT2D eigenvalue weighted by atomic mass is 16.5. The number of rotatable bonds is 5. The predicted molar refractivity (Wildman–Crippen MR) is 84.7 cm³/mol. The lowest BCUT2D eigenvalue weighted by molar-refractivity contribution is 0.282. The second-order valence-electron chi connectivity index (χ2n) is 5.61. The van der Waals surface area contributed by atoms with E-state index >= 15 is 0 Å². The molecule has 0 amide bonds. The highest BCUT2D eigenvalue weighted by Crippen LogP contribution is 2.42. The molecule has 0 aromatic heterocycles. The van der Waals surface area contributed by atoms with Crippen LogP contribution >= 0.6 is 0 Å². The van der Waals surface area contributed by atoms with Crippen LogP contribution in [-0.4, -0.2) is 18.3 Å². The Balaban J connectivity index is 1.60. The first-order valence-electron chi connectivity index (χ1n) is 7.39. The van der Waals surface area contributed by atoms with E-state index in [1.54, 1.807) is 7.11 Å². The zero-order valence-corrected chi connectivity index (χ0v) is 12.3.